The third-order valence-corrected chi connectivity index (χ3v) is 4.04. The number of hydrogen-bond donors (Lipinski definition) is 1. The first-order valence-corrected chi connectivity index (χ1v) is 7.88. The molecule has 1 aliphatic heterocycles. The zero-order chi connectivity index (χ0) is 16.9. The molecular formula is C15H21N5O4. The van der Waals surface area contributed by atoms with Gasteiger partial charge in [-0.2, -0.15) is 0 Å². The van der Waals surface area contributed by atoms with Crippen LogP contribution < -0.4 is 5.32 Å². The summed E-state index contributed by atoms with van der Waals surface area (Å²) in [6.07, 6.45) is 3.78. The van der Waals surface area contributed by atoms with E-state index in [-0.39, 0.29) is 24.6 Å². The van der Waals surface area contributed by atoms with Crippen LogP contribution in [0.5, 0.6) is 0 Å². The van der Waals surface area contributed by atoms with Gasteiger partial charge in [-0.15, -0.1) is 5.10 Å². The van der Waals surface area contributed by atoms with Crippen molar-refractivity contribution in [1.82, 2.24) is 25.5 Å². The summed E-state index contributed by atoms with van der Waals surface area (Å²) < 4.78 is 18.1. The van der Waals surface area contributed by atoms with Crippen LogP contribution in [0.25, 0.3) is 0 Å². The second-order valence-corrected chi connectivity index (χ2v) is 5.79. The smallest absolute Gasteiger partial charge is 0.242 e. The molecule has 130 valence electrons. The van der Waals surface area contributed by atoms with E-state index < -0.39 is 0 Å². The number of nitrogens with one attached hydrogen (secondary N) is 1. The van der Waals surface area contributed by atoms with E-state index in [2.05, 4.69) is 20.8 Å². The molecule has 1 N–H and O–H groups in total. The van der Waals surface area contributed by atoms with Crippen LogP contribution in [0, 0.1) is 13.8 Å². The largest absolute Gasteiger partial charge is 0.379 e. The fourth-order valence-electron chi connectivity index (χ4n) is 2.67. The van der Waals surface area contributed by atoms with Gasteiger partial charge < -0.3 is 19.3 Å². The summed E-state index contributed by atoms with van der Waals surface area (Å²) in [5, 5.41) is 14.3. The Bertz CT molecular complexity index is 650. The van der Waals surface area contributed by atoms with Gasteiger partial charge in [0.2, 0.25) is 5.91 Å². The SMILES string of the molecule is Cc1noc(C)c1CO[C@@H]1CCOC[C@@H]1NC(=O)Cn1ccnn1. The summed E-state index contributed by atoms with van der Waals surface area (Å²) >= 11 is 0. The Labute approximate surface area is 139 Å². The summed E-state index contributed by atoms with van der Waals surface area (Å²) in [5.74, 6) is 0.605. The average Bonchev–Trinajstić information content (AvgIpc) is 3.17. The van der Waals surface area contributed by atoms with Gasteiger partial charge >= 0.3 is 0 Å². The molecule has 0 aliphatic carbocycles. The zero-order valence-corrected chi connectivity index (χ0v) is 13.8. The monoisotopic (exact) mass is 335 g/mol. The minimum atomic E-state index is -0.199. The third-order valence-electron chi connectivity index (χ3n) is 4.04. The van der Waals surface area contributed by atoms with Gasteiger partial charge in [0.1, 0.15) is 12.3 Å². The second-order valence-electron chi connectivity index (χ2n) is 5.79. The van der Waals surface area contributed by atoms with Gasteiger partial charge in [-0.1, -0.05) is 10.4 Å². The van der Waals surface area contributed by atoms with Crippen LogP contribution in [0.2, 0.25) is 0 Å². The number of hydrogen-bond acceptors (Lipinski definition) is 7. The van der Waals surface area contributed by atoms with Crippen molar-refractivity contribution in [3.63, 3.8) is 0 Å². The van der Waals surface area contributed by atoms with Crippen LogP contribution in [0.1, 0.15) is 23.4 Å². The van der Waals surface area contributed by atoms with Crippen molar-refractivity contribution >= 4 is 5.91 Å². The third kappa shape index (κ3) is 3.98. The van der Waals surface area contributed by atoms with E-state index in [0.29, 0.717) is 19.8 Å². The van der Waals surface area contributed by atoms with E-state index in [1.165, 1.54) is 10.9 Å². The van der Waals surface area contributed by atoms with Crippen LogP contribution in [-0.2, 0) is 27.4 Å². The van der Waals surface area contributed by atoms with Crippen molar-refractivity contribution in [2.24, 2.45) is 0 Å². The highest BCUT2D eigenvalue weighted by atomic mass is 16.5. The van der Waals surface area contributed by atoms with Gasteiger partial charge in [0, 0.05) is 18.4 Å². The number of rotatable bonds is 6. The number of nitrogens with zero attached hydrogens (tertiary/aromatic N) is 4. The van der Waals surface area contributed by atoms with Gasteiger partial charge in [-0.05, 0) is 20.3 Å². The lowest BCUT2D eigenvalue weighted by Gasteiger charge is -2.32. The van der Waals surface area contributed by atoms with Crippen LogP contribution >= 0.6 is 0 Å². The molecule has 0 radical (unpaired) electrons. The van der Waals surface area contributed by atoms with Crippen molar-refractivity contribution in [2.45, 2.75) is 45.6 Å². The maximum Gasteiger partial charge on any atom is 0.242 e. The predicted octanol–water partition coefficient (Wildman–Crippen LogP) is 0.373. The van der Waals surface area contributed by atoms with E-state index in [1.54, 1.807) is 6.20 Å². The fraction of sp³-hybridized carbons (Fsp3) is 0.600. The van der Waals surface area contributed by atoms with Gasteiger partial charge in [0.25, 0.3) is 0 Å². The molecule has 2 aromatic heterocycles. The van der Waals surface area contributed by atoms with Gasteiger partial charge in [0.05, 0.1) is 37.3 Å². The van der Waals surface area contributed by atoms with E-state index in [1.807, 2.05) is 13.8 Å². The maximum atomic E-state index is 12.1. The average molecular weight is 335 g/mol. The van der Waals surface area contributed by atoms with Crippen LogP contribution in [0.15, 0.2) is 16.9 Å². The lowest BCUT2D eigenvalue weighted by Crippen LogP contribution is -2.51. The molecule has 1 amide bonds. The quantitative estimate of drug-likeness (QED) is 0.813. The van der Waals surface area contributed by atoms with E-state index in [9.17, 15) is 4.79 Å². The molecule has 1 saturated heterocycles. The molecule has 0 unspecified atom stereocenters. The number of amides is 1. The predicted molar refractivity (Wildman–Crippen MR) is 81.9 cm³/mol. The minimum Gasteiger partial charge on any atom is -0.379 e. The molecule has 3 heterocycles. The van der Waals surface area contributed by atoms with Crippen molar-refractivity contribution in [3.05, 3.63) is 29.4 Å². The highest BCUT2D eigenvalue weighted by Gasteiger charge is 2.28. The first-order valence-electron chi connectivity index (χ1n) is 7.88. The van der Waals surface area contributed by atoms with Crippen molar-refractivity contribution < 1.29 is 18.8 Å². The van der Waals surface area contributed by atoms with Gasteiger partial charge in [-0.3, -0.25) is 4.79 Å². The number of aryl methyl sites for hydroxylation is 2. The highest BCUT2D eigenvalue weighted by molar-refractivity contribution is 5.76. The minimum absolute atomic E-state index is 0.118. The Morgan fingerprint density at radius 2 is 2.38 bits per heavy atom. The van der Waals surface area contributed by atoms with Crippen LogP contribution in [0.4, 0.5) is 0 Å². The normalized spacial score (nSPS) is 20.9. The first-order chi connectivity index (χ1) is 11.6. The Hall–Kier alpha value is -2.26. The molecule has 3 rings (SSSR count). The number of carbonyl (C=O) groups excluding carboxylic acids is 1. The molecular weight excluding hydrogens is 314 g/mol. The lowest BCUT2D eigenvalue weighted by molar-refractivity contribution is -0.127. The molecule has 0 saturated carbocycles. The molecule has 2 aromatic rings. The molecule has 9 nitrogen and oxygen atoms in total. The Balaban J connectivity index is 1.56. The van der Waals surface area contributed by atoms with E-state index in [4.69, 9.17) is 14.0 Å². The summed E-state index contributed by atoms with van der Waals surface area (Å²) in [6.45, 7) is 5.31. The van der Waals surface area contributed by atoms with Crippen LogP contribution in [-0.4, -0.2) is 51.4 Å². The van der Waals surface area contributed by atoms with E-state index in [0.717, 1.165) is 23.4 Å². The standard InChI is InChI=1S/C15H21N5O4/c1-10-12(11(2)24-18-10)8-23-14-3-6-22-9-13(14)17-15(21)7-20-5-4-16-19-20/h4-5,13-14H,3,6-9H2,1-2H3,(H,17,21)/t13-,14+/m0/s1. The molecule has 0 bridgehead atoms. The summed E-state index contributed by atoms with van der Waals surface area (Å²) in [6, 6.07) is -0.199. The van der Waals surface area contributed by atoms with Gasteiger partial charge in [-0.25, -0.2) is 4.68 Å². The lowest BCUT2D eigenvalue weighted by atomic mass is 10.1. The number of aromatic nitrogens is 4. The molecule has 24 heavy (non-hydrogen) atoms. The summed E-state index contributed by atoms with van der Waals surface area (Å²) in [7, 11) is 0. The van der Waals surface area contributed by atoms with Gasteiger partial charge in [0.15, 0.2) is 0 Å². The summed E-state index contributed by atoms with van der Waals surface area (Å²) in [5.41, 5.74) is 1.78. The molecule has 0 spiro atoms. The highest BCUT2D eigenvalue weighted by Crippen LogP contribution is 2.18. The number of ether oxygens (including phenoxy) is 2. The molecule has 0 aromatic carbocycles. The molecule has 9 heteroatoms. The van der Waals surface area contributed by atoms with Crippen molar-refractivity contribution in [1.29, 1.82) is 0 Å². The van der Waals surface area contributed by atoms with E-state index >= 15 is 0 Å². The maximum absolute atomic E-state index is 12.1. The van der Waals surface area contributed by atoms with Crippen molar-refractivity contribution in [3.8, 4) is 0 Å². The molecule has 1 aliphatic rings. The summed E-state index contributed by atoms with van der Waals surface area (Å²) in [4.78, 5) is 12.1. The molecule has 2 atom stereocenters. The van der Waals surface area contributed by atoms with Crippen molar-refractivity contribution in [2.75, 3.05) is 13.2 Å². The second kappa shape index (κ2) is 7.54. The topological polar surface area (TPSA) is 104 Å². The first kappa shape index (κ1) is 16.6. The Kier molecular flexibility index (Phi) is 5.21. The Morgan fingerprint density at radius 3 is 3.08 bits per heavy atom. The fourth-order valence-corrected chi connectivity index (χ4v) is 2.67. The molecule has 1 fully saturated rings. The van der Waals surface area contributed by atoms with Crippen LogP contribution in [0.3, 0.4) is 0 Å². The number of carbonyl (C=O) groups is 1. The Morgan fingerprint density at radius 1 is 1.50 bits per heavy atom. The zero-order valence-electron chi connectivity index (χ0n) is 13.8.